The van der Waals surface area contributed by atoms with Crippen LogP contribution in [-0.2, 0) is 6.54 Å². The Kier molecular flexibility index (Phi) is 3.36. The van der Waals surface area contributed by atoms with Gasteiger partial charge in [0.15, 0.2) is 4.77 Å². The fourth-order valence-corrected chi connectivity index (χ4v) is 3.05. The van der Waals surface area contributed by atoms with Crippen molar-refractivity contribution in [3.8, 4) is 5.75 Å². The molecular formula is C16H22N2OS. The van der Waals surface area contributed by atoms with Gasteiger partial charge in [0.25, 0.3) is 0 Å². The number of para-hydroxylation sites is 1. The summed E-state index contributed by atoms with van der Waals surface area (Å²) in [4.78, 5) is 3.32. The van der Waals surface area contributed by atoms with E-state index in [1.807, 2.05) is 12.1 Å². The van der Waals surface area contributed by atoms with Crippen molar-refractivity contribution in [2.45, 2.75) is 40.2 Å². The molecule has 108 valence electrons. The first-order chi connectivity index (χ1) is 9.53. The normalized spacial score (nSPS) is 20.2. The van der Waals surface area contributed by atoms with Crippen molar-refractivity contribution in [1.29, 1.82) is 0 Å². The molecule has 0 amide bonds. The maximum Gasteiger partial charge on any atom is 0.178 e. The van der Waals surface area contributed by atoms with E-state index in [-0.39, 0.29) is 0 Å². The van der Waals surface area contributed by atoms with Crippen LogP contribution in [0.3, 0.4) is 0 Å². The van der Waals surface area contributed by atoms with Crippen molar-refractivity contribution in [3.63, 3.8) is 0 Å². The van der Waals surface area contributed by atoms with Gasteiger partial charge in [0.2, 0.25) is 0 Å². The lowest BCUT2D eigenvalue weighted by Gasteiger charge is -2.08. The zero-order valence-corrected chi connectivity index (χ0v) is 13.2. The van der Waals surface area contributed by atoms with Gasteiger partial charge in [-0.2, -0.15) is 0 Å². The van der Waals surface area contributed by atoms with E-state index in [1.165, 1.54) is 6.42 Å². The number of imidazole rings is 1. The molecule has 4 heteroatoms. The highest BCUT2D eigenvalue weighted by Crippen LogP contribution is 2.52. The van der Waals surface area contributed by atoms with Crippen LogP contribution in [0, 0.1) is 16.1 Å². The molecule has 1 aromatic heterocycles. The number of rotatable bonds is 5. The zero-order valence-electron chi connectivity index (χ0n) is 12.4. The van der Waals surface area contributed by atoms with E-state index in [1.54, 1.807) is 0 Å². The third-order valence-corrected chi connectivity index (χ3v) is 4.68. The van der Waals surface area contributed by atoms with Crippen LogP contribution in [0.25, 0.3) is 11.0 Å². The van der Waals surface area contributed by atoms with E-state index in [4.69, 9.17) is 17.0 Å². The van der Waals surface area contributed by atoms with E-state index in [0.29, 0.717) is 5.41 Å². The molecule has 1 aliphatic rings. The van der Waals surface area contributed by atoms with Gasteiger partial charge in [-0.15, -0.1) is 0 Å². The van der Waals surface area contributed by atoms with Crippen LogP contribution in [0.4, 0.5) is 0 Å². The molecule has 0 radical (unpaired) electrons. The van der Waals surface area contributed by atoms with Crippen molar-refractivity contribution in [3.05, 3.63) is 23.0 Å². The maximum absolute atomic E-state index is 5.81. The molecular weight excluding hydrogens is 268 g/mol. The summed E-state index contributed by atoms with van der Waals surface area (Å²) in [6, 6.07) is 6.18. The minimum Gasteiger partial charge on any atom is -0.491 e. The van der Waals surface area contributed by atoms with Crippen molar-refractivity contribution >= 4 is 23.3 Å². The number of aromatic amines is 1. The summed E-state index contributed by atoms with van der Waals surface area (Å²) in [5.41, 5.74) is 2.66. The second-order valence-corrected chi connectivity index (χ2v) is 6.82. The molecule has 1 saturated carbocycles. The predicted molar refractivity (Wildman–Crippen MR) is 84.8 cm³/mol. The van der Waals surface area contributed by atoms with Crippen LogP contribution in [0.1, 0.15) is 33.6 Å². The Balaban J connectivity index is 1.97. The Morgan fingerprint density at radius 3 is 2.85 bits per heavy atom. The summed E-state index contributed by atoms with van der Waals surface area (Å²) >= 11 is 5.50. The van der Waals surface area contributed by atoms with Crippen LogP contribution in [0.15, 0.2) is 18.2 Å². The van der Waals surface area contributed by atoms with Crippen LogP contribution < -0.4 is 4.74 Å². The zero-order chi connectivity index (χ0) is 14.3. The van der Waals surface area contributed by atoms with Gasteiger partial charge in [-0.3, -0.25) is 0 Å². The number of hydrogen-bond donors (Lipinski definition) is 1. The number of fused-ring (bicyclic) bond motifs is 1. The predicted octanol–water partition coefficient (Wildman–Crippen LogP) is 4.53. The van der Waals surface area contributed by atoms with Gasteiger partial charge in [0.05, 0.1) is 12.1 Å². The first kappa shape index (κ1) is 13.7. The standard InChI is InChI=1S/C16H22N2OS/c1-4-8-19-13-7-5-6-12-14(13)17-15(20)18(12)10-11-9-16(11,2)3/h5-7,11H,4,8-10H2,1-3H3,(H,17,20). The summed E-state index contributed by atoms with van der Waals surface area (Å²) in [7, 11) is 0. The Bertz CT molecular complexity index is 683. The van der Waals surface area contributed by atoms with Crippen molar-refractivity contribution in [2.24, 2.45) is 11.3 Å². The lowest BCUT2D eigenvalue weighted by atomic mass is 10.1. The minimum atomic E-state index is 0.467. The molecule has 1 fully saturated rings. The first-order valence-corrected chi connectivity index (χ1v) is 7.78. The number of nitrogens with zero attached hydrogens (tertiary/aromatic N) is 1. The number of aromatic nitrogens is 2. The molecule has 0 spiro atoms. The van der Waals surface area contributed by atoms with Gasteiger partial charge in [0, 0.05) is 6.54 Å². The van der Waals surface area contributed by atoms with Gasteiger partial charge < -0.3 is 14.3 Å². The Hall–Kier alpha value is -1.29. The monoisotopic (exact) mass is 290 g/mol. The maximum atomic E-state index is 5.81. The molecule has 1 atom stereocenters. The molecule has 1 unspecified atom stereocenters. The summed E-state index contributed by atoms with van der Waals surface area (Å²) < 4.78 is 8.83. The van der Waals surface area contributed by atoms with Crippen LogP contribution >= 0.6 is 12.2 Å². The minimum absolute atomic E-state index is 0.467. The molecule has 0 aliphatic heterocycles. The summed E-state index contributed by atoms with van der Waals surface area (Å²) in [6.45, 7) is 8.50. The van der Waals surface area contributed by atoms with Gasteiger partial charge in [-0.25, -0.2) is 0 Å². The summed E-state index contributed by atoms with van der Waals surface area (Å²) in [6.07, 6.45) is 2.29. The fourth-order valence-electron chi connectivity index (χ4n) is 2.78. The Labute approximate surface area is 125 Å². The topological polar surface area (TPSA) is 29.9 Å². The molecule has 3 nitrogen and oxygen atoms in total. The highest BCUT2D eigenvalue weighted by molar-refractivity contribution is 7.71. The average Bonchev–Trinajstić information content (AvgIpc) is 2.88. The molecule has 1 aromatic carbocycles. The third-order valence-electron chi connectivity index (χ3n) is 4.35. The first-order valence-electron chi connectivity index (χ1n) is 7.37. The SMILES string of the molecule is CCCOc1cccc2c1[nH]c(=S)n2CC1CC1(C)C. The lowest BCUT2D eigenvalue weighted by molar-refractivity contribution is 0.320. The van der Waals surface area contributed by atoms with Gasteiger partial charge >= 0.3 is 0 Å². The highest BCUT2D eigenvalue weighted by atomic mass is 32.1. The number of hydrogen-bond acceptors (Lipinski definition) is 2. The molecule has 1 aliphatic carbocycles. The quantitative estimate of drug-likeness (QED) is 0.820. The molecule has 20 heavy (non-hydrogen) atoms. The number of ether oxygens (including phenoxy) is 1. The number of benzene rings is 1. The van der Waals surface area contributed by atoms with E-state index >= 15 is 0 Å². The molecule has 0 bridgehead atoms. The Morgan fingerprint density at radius 1 is 1.45 bits per heavy atom. The van der Waals surface area contributed by atoms with Crippen LogP contribution in [-0.4, -0.2) is 16.2 Å². The number of H-pyrrole nitrogens is 1. The fraction of sp³-hybridized carbons (Fsp3) is 0.562. The van der Waals surface area contributed by atoms with Gasteiger partial charge in [0.1, 0.15) is 11.3 Å². The molecule has 3 rings (SSSR count). The summed E-state index contributed by atoms with van der Waals surface area (Å²) in [5, 5.41) is 0. The average molecular weight is 290 g/mol. The van der Waals surface area contributed by atoms with E-state index in [0.717, 1.165) is 47.0 Å². The molecule has 0 saturated heterocycles. The van der Waals surface area contributed by atoms with Crippen molar-refractivity contribution in [1.82, 2.24) is 9.55 Å². The van der Waals surface area contributed by atoms with Gasteiger partial charge in [-0.1, -0.05) is 26.8 Å². The number of nitrogens with one attached hydrogen (secondary N) is 1. The largest absolute Gasteiger partial charge is 0.491 e. The second kappa shape index (κ2) is 4.92. The van der Waals surface area contributed by atoms with Crippen LogP contribution in [0.5, 0.6) is 5.75 Å². The Morgan fingerprint density at radius 2 is 2.20 bits per heavy atom. The second-order valence-electron chi connectivity index (χ2n) is 6.43. The van der Waals surface area contributed by atoms with Crippen LogP contribution in [0.2, 0.25) is 0 Å². The molecule has 1 N–H and O–H groups in total. The highest BCUT2D eigenvalue weighted by Gasteiger charge is 2.45. The molecule has 2 aromatic rings. The third kappa shape index (κ3) is 2.37. The summed E-state index contributed by atoms with van der Waals surface area (Å²) in [5.74, 6) is 1.64. The van der Waals surface area contributed by atoms with E-state index in [9.17, 15) is 0 Å². The smallest absolute Gasteiger partial charge is 0.178 e. The molecule has 1 heterocycles. The van der Waals surface area contributed by atoms with E-state index in [2.05, 4.69) is 36.4 Å². The van der Waals surface area contributed by atoms with Gasteiger partial charge in [-0.05, 0) is 48.5 Å². The van der Waals surface area contributed by atoms with Crippen molar-refractivity contribution in [2.75, 3.05) is 6.61 Å². The van der Waals surface area contributed by atoms with E-state index < -0.39 is 0 Å². The lowest BCUT2D eigenvalue weighted by Crippen LogP contribution is -2.03. The van der Waals surface area contributed by atoms with Crippen molar-refractivity contribution < 1.29 is 4.74 Å².